The zero-order valence-corrected chi connectivity index (χ0v) is 32.0. The summed E-state index contributed by atoms with van der Waals surface area (Å²) < 4.78 is 66.4. The van der Waals surface area contributed by atoms with Gasteiger partial charge in [-0.05, 0) is 123 Å². The molecule has 0 fully saturated rings. The molecular formula is C40H37N7O6S2. The summed E-state index contributed by atoms with van der Waals surface area (Å²) in [7, 11) is -8.92. The predicted octanol–water partition coefficient (Wildman–Crippen LogP) is 11.5. The lowest BCUT2D eigenvalue weighted by Crippen LogP contribution is -2.21. The van der Waals surface area contributed by atoms with Crippen LogP contribution in [0.1, 0.15) is 29.2 Å². The van der Waals surface area contributed by atoms with Crippen LogP contribution in [-0.4, -0.2) is 32.5 Å². The molecule has 0 unspecified atom stereocenters. The van der Waals surface area contributed by atoms with E-state index in [9.17, 15) is 25.9 Å². The Bertz CT molecular complexity index is 2720. The first kappa shape index (κ1) is 38.7. The molecule has 0 amide bonds. The van der Waals surface area contributed by atoms with E-state index in [-0.39, 0.29) is 15.5 Å². The van der Waals surface area contributed by atoms with Gasteiger partial charge < -0.3 is 4.90 Å². The Labute approximate surface area is 319 Å². The molecule has 0 spiro atoms. The van der Waals surface area contributed by atoms with Crippen molar-refractivity contribution in [2.75, 3.05) is 11.4 Å². The van der Waals surface area contributed by atoms with Crippen molar-refractivity contribution < 1.29 is 25.9 Å². The van der Waals surface area contributed by atoms with Crippen LogP contribution in [0.25, 0.3) is 10.8 Å². The first-order valence-electron chi connectivity index (χ1n) is 17.1. The zero-order chi connectivity index (χ0) is 39.3. The van der Waals surface area contributed by atoms with Crippen molar-refractivity contribution in [3.63, 3.8) is 0 Å². The molecule has 6 rings (SSSR count). The van der Waals surface area contributed by atoms with E-state index < -0.39 is 20.2 Å². The van der Waals surface area contributed by atoms with Crippen molar-refractivity contribution in [1.82, 2.24) is 0 Å². The molecule has 6 aromatic carbocycles. The lowest BCUT2D eigenvalue weighted by Gasteiger charge is -2.24. The van der Waals surface area contributed by atoms with Crippen LogP contribution in [0.4, 0.5) is 39.8 Å². The first-order chi connectivity index (χ1) is 26.2. The van der Waals surface area contributed by atoms with Gasteiger partial charge in [-0.2, -0.15) is 37.3 Å². The molecule has 0 aliphatic carbocycles. The number of anilines is 1. The Hall–Kier alpha value is -6.00. The number of fused-ring (bicyclic) bond motifs is 1. The Morgan fingerprint density at radius 3 is 1.67 bits per heavy atom. The third-order valence-electron chi connectivity index (χ3n) is 8.82. The van der Waals surface area contributed by atoms with Gasteiger partial charge in [0.2, 0.25) is 0 Å². The minimum atomic E-state index is -4.53. The predicted molar refractivity (Wildman–Crippen MR) is 213 cm³/mol. The van der Waals surface area contributed by atoms with Crippen LogP contribution in [-0.2, 0) is 26.8 Å². The van der Waals surface area contributed by atoms with E-state index in [0.717, 1.165) is 24.3 Å². The Morgan fingerprint density at radius 2 is 1.05 bits per heavy atom. The normalized spacial score (nSPS) is 12.4. The van der Waals surface area contributed by atoms with Crippen molar-refractivity contribution in [1.29, 1.82) is 0 Å². The van der Waals surface area contributed by atoms with E-state index >= 15 is 0 Å². The molecule has 13 nitrogen and oxygen atoms in total. The third-order valence-corrected chi connectivity index (χ3v) is 10.5. The molecule has 0 aliphatic rings. The van der Waals surface area contributed by atoms with E-state index in [4.69, 9.17) is 0 Å². The molecule has 0 radical (unpaired) electrons. The number of rotatable bonds is 12. The molecule has 280 valence electrons. The highest BCUT2D eigenvalue weighted by Crippen LogP contribution is 2.38. The van der Waals surface area contributed by atoms with Gasteiger partial charge in [0.25, 0.3) is 20.2 Å². The van der Waals surface area contributed by atoms with Crippen LogP contribution in [0.2, 0.25) is 0 Å². The summed E-state index contributed by atoms with van der Waals surface area (Å²) in [5.74, 6) is 0. The quantitative estimate of drug-likeness (QED) is 0.0914. The maximum Gasteiger partial charge on any atom is 0.294 e. The van der Waals surface area contributed by atoms with Crippen molar-refractivity contribution in [3.8, 4) is 0 Å². The molecule has 0 aliphatic heterocycles. The molecular weight excluding hydrogens is 739 g/mol. The molecule has 0 heterocycles. The van der Waals surface area contributed by atoms with Crippen LogP contribution in [0.15, 0.2) is 156 Å². The second kappa shape index (κ2) is 16.2. The van der Waals surface area contributed by atoms with Gasteiger partial charge in [0, 0.05) is 29.5 Å². The van der Waals surface area contributed by atoms with Gasteiger partial charge in [-0.25, -0.2) is 0 Å². The Kier molecular flexibility index (Phi) is 11.4. The highest BCUT2D eigenvalue weighted by Gasteiger charge is 2.15. The number of hydrogen-bond donors (Lipinski definition) is 2. The third kappa shape index (κ3) is 9.39. The summed E-state index contributed by atoms with van der Waals surface area (Å²) in [6.07, 6.45) is 0. The monoisotopic (exact) mass is 775 g/mol. The maximum absolute atomic E-state index is 12.1. The number of benzene rings is 6. The van der Waals surface area contributed by atoms with Crippen LogP contribution >= 0.6 is 0 Å². The highest BCUT2D eigenvalue weighted by molar-refractivity contribution is 7.86. The summed E-state index contributed by atoms with van der Waals surface area (Å²) in [5, 5.41) is 27.3. The second-order valence-corrected chi connectivity index (χ2v) is 15.6. The minimum Gasteiger partial charge on any atom is -0.367 e. The van der Waals surface area contributed by atoms with E-state index in [1.54, 1.807) is 50.2 Å². The van der Waals surface area contributed by atoms with Gasteiger partial charge in [0.1, 0.15) is 0 Å². The molecule has 55 heavy (non-hydrogen) atoms. The summed E-state index contributed by atoms with van der Waals surface area (Å²) in [6.45, 7) is 9.29. The Morgan fingerprint density at radius 1 is 0.509 bits per heavy atom. The summed E-state index contributed by atoms with van der Waals surface area (Å²) >= 11 is 0. The van der Waals surface area contributed by atoms with Gasteiger partial charge in [-0.15, -0.1) is 10.2 Å². The Balaban J connectivity index is 1.28. The van der Waals surface area contributed by atoms with E-state index in [1.165, 1.54) is 35.9 Å². The molecule has 2 N–H and O–H groups in total. The van der Waals surface area contributed by atoms with Crippen LogP contribution in [0.3, 0.4) is 0 Å². The average molecular weight is 776 g/mol. The van der Waals surface area contributed by atoms with Gasteiger partial charge >= 0.3 is 0 Å². The maximum atomic E-state index is 12.1. The van der Waals surface area contributed by atoms with Gasteiger partial charge in [0.05, 0.1) is 43.9 Å². The number of aryl methyl sites for hydroxylation is 3. The van der Waals surface area contributed by atoms with Crippen molar-refractivity contribution in [2.24, 2.45) is 30.7 Å². The fourth-order valence-corrected chi connectivity index (χ4v) is 6.83. The molecule has 0 atom stereocenters. The highest BCUT2D eigenvalue weighted by atomic mass is 32.2. The SMILES string of the molecule is CCN(Cc1ccccc1)c1ccc(/N=N/c2ccc(/N=N/c3cc(C)c(/N=N/c4cccc(S(=O)(=O)O)c4)cc3C)c3cc(S(=O)(=O)O)ccc23)c(C)c1. The second-order valence-electron chi connectivity index (χ2n) is 12.8. The number of hydrogen-bond acceptors (Lipinski definition) is 11. The van der Waals surface area contributed by atoms with Gasteiger partial charge in [0.15, 0.2) is 0 Å². The standard InChI is InChI=1S/C40H37N7O6S2/c1-5-47(25-29-10-7-6-8-11-29)31-14-17-36(26(2)20-31)42-43-37-18-19-38(35-24-33(55(51,52)53)15-16-34(35)37)44-46-40-22-27(3)39(21-28(40)4)45-41-30-12-9-13-32(23-30)54(48,49)50/h6-24H,5,25H2,1-4H3,(H,48,49,50)(H,51,52,53)/b43-42+,45-41+,46-44+. The molecule has 0 aromatic heterocycles. The van der Waals surface area contributed by atoms with Crippen molar-refractivity contribution >= 4 is 70.8 Å². The largest absolute Gasteiger partial charge is 0.367 e. The van der Waals surface area contributed by atoms with E-state index in [0.29, 0.717) is 50.3 Å². The summed E-state index contributed by atoms with van der Waals surface area (Å²) in [4.78, 5) is 1.67. The topological polar surface area (TPSA) is 186 Å². The molecule has 15 heteroatoms. The number of nitrogens with zero attached hydrogens (tertiary/aromatic N) is 7. The minimum absolute atomic E-state index is 0.237. The van der Waals surface area contributed by atoms with E-state index in [2.05, 4.69) is 60.7 Å². The van der Waals surface area contributed by atoms with E-state index in [1.807, 2.05) is 37.3 Å². The van der Waals surface area contributed by atoms with Gasteiger partial charge in [-0.3, -0.25) is 9.11 Å². The lowest BCUT2D eigenvalue weighted by molar-refractivity contribution is 0.481. The first-order valence-corrected chi connectivity index (χ1v) is 20.0. The van der Waals surface area contributed by atoms with Gasteiger partial charge in [-0.1, -0.05) is 42.5 Å². The van der Waals surface area contributed by atoms with Crippen LogP contribution in [0, 0.1) is 20.8 Å². The summed E-state index contributed by atoms with van der Waals surface area (Å²) in [5.41, 5.74) is 7.33. The fraction of sp³-hybridized carbons (Fsp3) is 0.150. The molecule has 6 aromatic rings. The van der Waals surface area contributed by atoms with Crippen molar-refractivity contribution in [3.05, 3.63) is 138 Å². The average Bonchev–Trinajstić information content (AvgIpc) is 3.16. The zero-order valence-electron chi connectivity index (χ0n) is 30.4. The molecule has 0 bridgehead atoms. The fourth-order valence-electron chi connectivity index (χ4n) is 5.80. The molecule has 0 saturated heterocycles. The lowest BCUT2D eigenvalue weighted by atomic mass is 10.1. The molecule has 0 saturated carbocycles. The smallest absolute Gasteiger partial charge is 0.294 e. The van der Waals surface area contributed by atoms with Crippen LogP contribution < -0.4 is 4.90 Å². The number of azo groups is 3. The van der Waals surface area contributed by atoms with Crippen molar-refractivity contribution in [2.45, 2.75) is 44.0 Å². The summed E-state index contributed by atoms with van der Waals surface area (Å²) in [6, 6.07) is 32.8. The van der Waals surface area contributed by atoms with Crippen LogP contribution in [0.5, 0.6) is 0 Å².